The summed E-state index contributed by atoms with van der Waals surface area (Å²) in [5.41, 5.74) is 0.0598. The van der Waals surface area contributed by atoms with Crippen LogP contribution in [0.2, 0.25) is 0 Å². The minimum absolute atomic E-state index is 0.0598. The molecule has 1 aromatic carbocycles. The summed E-state index contributed by atoms with van der Waals surface area (Å²) >= 11 is 0. The second-order valence-corrected chi connectivity index (χ2v) is 4.44. The first-order chi connectivity index (χ1) is 9.17. The third-order valence-corrected chi connectivity index (χ3v) is 3.33. The first-order valence-corrected chi connectivity index (χ1v) is 6.21. The Morgan fingerprint density at radius 3 is 2.37 bits per heavy atom. The summed E-state index contributed by atoms with van der Waals surface area (Å²) in [7, 11) is 2.88. The van der Waals surface area contributed by atoms with Crippen molar-refractivity contribution in [1.82, 2.24) is 0 Å². The maximum Gasteiger partial charge on any atom is 0.169 e. The van der Waals surface area contributed by atoms with Crippen LogP contribution in [0.25, 0.3) is 0 Å². The van der Waals surface area contributed by atoms with Crippen LogP contribution in [0.1, 0.15) is 23.2 Å². The zero-order valence-electron chi connectivity index (χ0n) is 11.1. The number of ketones is 1. The lowest BCUT2D eigenvalue weighted by molar-refractivity contribution is 0.0542. The molecule has 1 saturated heterocycles. The van der Waals surface area contributed by atoms with Gasteiger partial charge in [0.25, 0.3) is 0 Å². The van der Waals surface area contributed by atoms with Crippen LogP contribution in [-0.2, 0) is 4.74 Å². The van der Waals surface area contributed by atoms with Crippen molar-refractivity contribution in [3.05, 3.63) is 23.5 Å². The molecule has 4 nitrogen and oxygen atoms in total. The van der Waals surface area contributed by atoms with Crippen molar-refractivity contribution in [3.8, 4) is 11.5 Å². The van der Waals surface area contributed by atoms with E-state index in [0.29, 0.717) is 31.8 Å². The third kappa shape index (κ3) is 2.87. The van der Waals surface area contributed by atoms with Gasteiger partial charge < -0.3 is 14.2 Å². The molecule has 0 spiro atoms. The highest BCUT2D eigenvalue weighted by Gasteiger charge is 2.26. The molecule has 0 amide bonds. The zero-order chi connectivity index (χ0) is 13.8. The Balaban J connectivity index is 2.30. The average molecular weight is 268 g/mol. The van der Waals surface area contributed by atoms with Gasteiger partial charge in [-0.2, -0.15) is 0 Å². The van der Waals surface area contributed by atoms with Gasteiger partial charge >= 0.3 is 0 Å². The van der Waals surface area contributed by atoms with Crippen molar-refractivity contribution >= 4 is 5.78 Å². The van der Waals surface area contributed by atoms with E-state index in [1.165, 1.54) is 26.4 Å². The maximum absolute atomic E-state index is 14.0. The summed E-state index contributed by atoms with van der Waals surface area (Å²) in [6.07, 6.45) is 1.26. The number of ether oxygens (including phenoxy) is 3. The quantitative estimate of drug-likeness (QED) is 0.787. The van der Waals surface area contributed by atoms with Gasteiger partial charge in [-0.3, -0.25) is 4.79 Å². The number of hydrogen-bond donors (Lipinski definition) is 0. The molecule has 2 rings (SSSR count). The minimum atomic E-state index is -0.575. The molecule has 1 aliphatic rings. The fraction of sp³-hybridized carbons (Fsp3) is 0.500. The van der Waals surface area contributed by atoms with Crippen molar-refractivity contribution < 1.29 is 23.4 Å². The molecule has 0 aromatic heterocycles. The monoisotopic (exact) mass is 268 g/mol. The second kappa shape index (κ2) is 6.02. The van der Waals surface area contributed by atoms with Crippen LogP contribution in [-0.4, -0.2) is 33.2 Å². The Morgan fingerprint density at radius 2 is 1.79 bits per heavy atom. The molecule has 1 aromatic rings. The predicted octanol–water partition coefficient (Wildman–Crippen LogP) is 2.45. The third-order valence-electron chi connectivity index (χ3n) is 3.33. The molecule has 1 heterocycles. The van der Waals surface area contributed by atoms with Crippen LogP contribution >= 0.6 is 0 Å². The number of Topliss-reactive ketones (excluding diaryl/α,β-unsaturated/α-hetero) is 1. The van der Waals surface area contributed by atoms with Crippen molar-refractivity contribution in [2.45, 2.75) is 12.8 Å². The Morgan fingerprint density at radius 1 is 1.21 bits per heavy atom. The molecule has 104 valence electrons. The summed E-state index contributed by atoms with van der Waals surface area (Å²) in [5, 5.41) is 0. The molecule has 1 fully saturated rings. The topological polar surface area (TPSA) is 44.8 Å². The van der Waals surface area contributed by atoms with E-state index >= 15 is 0 Å². The minimum Gasteiger partial charge on any atom is -0.493 e. The number of halogens is 1. The van der Waals surface area contributed by atoms with E-state index in [4.69, 9.17) is 14.2 Å². The summed E-state index contributed by atoms with van der Waals surface area (Å²) < 4.78 is 29.3. The standard InChI is InChI=1S/C14H17FO4/c1-17-12-7-10(11(15)8-13(12)18-2)14(16)9-3-5-19-6-4-9/h7-9H,3-6H2,1-2H3. The van der Waals surface area contributed by atoms with Gasteiger partial charge in [-0.05, 0) is 18.9 Å². The van der Waals surface area contributed by atoms with Crippen molar-refractivity contribution in [2.75, 3.05) is 27.4 Å². The van der Waals surface area contributed by atoms with Crippen LogP contribution in [0.15, 0.2) is 12.1 Å². The molecule has 5 heteroatoms. The Labute approximate surface area is 111 Å². The maximum atomic E-state index is 14.0. The largest absolute Gasteiger partial charge is 0.493 e. The van der Waals surface area contributed by atoms with Crippen LogP contribution < -0.4 is 9.47 Å². The number of rotatable bonds is 4. The first-order valence-electron chi connectivity index (χ1n) is 6.21. The van der Waals surface area contributed by atoms with E-state index < -0.39 is 5.82 Å². The summed E-state index contributed by atoms with van der Waals surface area (Å²) in [5.74, 6) is -0.305. The van der Waals surface area contributed by atoms with Crippen LogP contribution in [0.5, 0.6) is 11.5 Å². The smallest absolute Gasteiger partial charge is 0.169 e. The molecule has 0 atom stereocenters. The SMILES string of the molecule is COc1cc(F)c(C(=O)C2CCOCC2)cc1OC. The molecule has 0 aliphatic carbocycles. The van der Waals surface area contributed by atoms with Gasteiger partial charge in [0, 0.05) is 25.2 Å². The second-order valence-electron chi connectivity index (χ2n) is 4.44. The molecular weight excluding hydrogens is 251 g/mol. The number of carbonyl (C=O) groups excluding carboxylic acids is 1. The van der Waals surface area contributed by atoms with Crippen LogP contribution in [0, 0.1) is 11.7 Å². The highest BCUT2D eigenvalue weighted by atomic mass is 19.1. The molecule has 0 unspecified atom stereocenters. The van der Waals surface area contributed by atoms with Crippen molar-refractivity contribution in [3.63, 3.8) is 0 Å². The van der Waals surface area contributed by atoms with E-state index in [-0.39, 0.29) is 23.0 Å². The lowest BCUT2D eigenvalue weighted by Gasteiger charge is -2.21. The van der Waals surface area contributed by atoms with E-state index in [1.54, 1.807) is 0 Å². The Bertz CT molecular complexity index is 467. The lowest BCUT2D eigenvalue weighted by Crippen LogP contribution is -2.24. The molecule has 19 heavy (non-hydrogen) atoms. The highest BCUT2D eigenvalue weighted by Crippen LogP contribution is 2.32. The predicted molar refractivity (Wildman–Crippen MR) is 67.4 cm³/mol. The van der Waals surface area contributed by atoms with E-state index in [2.05, 4.69) is 0 Å². The zero-order valence-corrected chi connectivity index (χ0v) is 11.1. The van der Waals surface area contributed by atoms with Crippen molar-refractivity contribution in [2.24, 2.45) is 5.92 Å². The molecule has 1 aliphatic heterocycles. The van der Waals surface area contributed by atoms with E-state index in [9.17, 15) is 9.18 Å². The van der Waals surface area contributed by atoms with Gasteiger partial charge in [0.2, 0.25) is 0 Å². The fourth-order valence-electron chi connectivity index (χ4n) is 2.22. The van der Waals surface area contributed by atoms with Gasteiger partial charge in [0.1, 0.15) is 5.82 Å². The van der Waals surface area contributed by atoms with Crippen LogP contribution in [0.4, 0.5) is 4.39 Å². The van der Waals surface area contributed by atoms with E-state index in [1.807, 2.05) is 0 Å². The fourth-order valence-corrected chi connectivity index (χ4v) is 2.22. The van der Waals surface area contributed by atoms with E-state index in [0.717, 1.165) is 0 Å². The lowest BCUT2D eigenvalue weighted by atomic mass is 9.90. The summed E-state index contributed by atoms with van der Waals surface area (Å²) in [6, 6.07) is 2.59. The molecule has 0 saturated carbocycles. The van der Waals surface area contributed by atoms with Gasteiger partial charge in [-0.15, -0.1) is 0 Å². The molecule has 0 bridgehead atoms. The van der Waals surface area contributed by atoms with Crippen LogP contribution in [0.3, 0.4) is 0 Å². The number of hydrogen-bond acceptors (Lipinski definition) is 4. The van der Waals surface area contributed by atoms with Gasteiger partial charge in [0.05, 0.1) is 19.8 Å². The number of methoxy groups -OCH3 is 2. The van der Waals surface area contributed by atoms with Gasteiger partial charge in [-0.25, -0.2) is 4.39 Å². The molecular formula is C14H17FO4. The summed E-state index contributed by atoms with van der Waals surface area (Å²) in [6.45, 7) is 1.09. The number of benzene rings is 1. The first kappa shape index (κ1) is 13.8. The molecule has 0 radical (unpaired) electrons. The van der Waals surface area contributed by atoms with Gasteiger partial charge in [-0.1, -0.05) is 0 Å². The molecule has 0 N–H and O–H groups in total. The average Bonchev–Trinajstić information content (AvgIpc) is 2.47. The van der Waals surface area contributed by atoms with Gasteiger partial charge in [0.15, 0.2) is 17.3 Å². The Hall–Kier alpha value is -1.62. The summed E-state index contributed by atoms with van der Waals surface area (Å²) in [4.78, 5) is 12.3. The highest BCUT2D eigenvalue weighted by molar-refractivity contribution is 5.98. The van der Waals surface area contributed by atoms with Crippen molar-refractivity contribution in [1.29, 1.82) is 0 Å². The Kier molecular flexibility index (Phi) is 4.37. The number of carbonyl (C=O) groups is 1. The normalized spacial score (nSPS) is 16.2.